The number of imidazole rings is 1. The lowest BCUT2D eigenvalue weighted by atomic mass is 10.2. The molecule has 1 heterocycles. The van der Waals surface area contributed by atoms with Crippen molar-refractivity contribution in [3.8, 4) is 11.3 Å². The fourth-order valence-electron chi connectivity index (χ4n) is 1.37. The van der Waals surface area contributed by atoms with Crippen molar-refractivity contribution in [3.05, 3.63) is 30.5 Å². The fourth-order valence-corrected chi connectivity index (χ4v) is 1.77. The Kier molecular flexibility index (Phi) is 2.97. The van der Waals surface area contributed by atoms with E-state index in [9.17, 15) is 0 Å². The number of hydrogen-bond donors (Lipinski definition) is 2. The Morgan fingerprint density at radius 3 is 2.53 bits per heavy atom. The number of nitrogens with zero attached hydrogens (tertiary/aromatic N) is 1. The van der Waals surface area contributed by atoms with Gasteiger partial charge in [0.2, 0.25) is 0 Å². The second-order valence-electron chi connectivity index (χ2n) is 3.12. The minimum Gasteiger partial charge on any atom is -0.359 e. The number of hydrogen-bond acceptors (Lipinski definition) is 3. The van der Waals surface area contributed by atoms with E-state index in [2.05, 4.69) is 45.8 Å². The van der Waals surface area contributed by atoms with Gasteiger partial charge >= 0.3 is 0 Å². The van der Waals surface area contributed by atoms with E-state index in [1.165, 1.54) is 4.90 Å². The van der Waals surface area contributed by atoms with Gasteiger partial charge in [-0.3, -0.25) is 0 Å². The van der Waals surface area contributed by atoms with E-state index in [0.29, 0.717) is 0 Å². The van der Waals surface area contributed by atoms with Gasteiger partial charge in [0, 0.05) is 11.9 Å². The van der Waals surface area contributed by atoms with Crippen LogP contribution in [0.25, 0.3) is 11.3 Å². The van der Waals surface area contributed by atoms with Crippen molar-refractivity contribution in [1.29, 1.82) is 0 Å². The lowest BCUT2D eigenvalue weighted by Gasteiger charge is -1.99. The molecule has 0 aliphatic carbocycles. The SMILES string of the molecule is CNc1ncc(-c2ccc(SC)cc2)[nH]1. The molecule has 0 spiro atoms. The van der Waals surface area contributed by atoms with Crippen LogP contribution in [0.4, 0.5) is 5.95 Å². The molecule has 0 unspecified atom stereocenters. The third-order valence-electron chi connectivity index (χ3n) is 2.21. The van der Waals surface area contributed by atoms with E-state index >= 15 is 0 Å². The second-order valence-corrected chi connectivity index (χ2v) is 4.00. The number of aromatic amines is 1. The van der Waals surface area contributed by atoms with Crippen molar-refractivity contribution in [3.63, 3.8) is 0 Å². The van der Waals surface area contributed by atoms with Crippen LogP contribution in [0.1, 0.15) is 0 Å². The topological polar surface area (TPSA) is 40.7 Å². The van der Waals surface area contributed by atoms with E-state index in [-0.39, 0.29) is 0 Å². The first-order chi connectivity index (χ1) is 7.33. The molecule has 0 aliphatic rings. The van der Waals surface area contributed by atoms with E-state index in [0.717, 1.165) is 17.2 Å². The summed E-state index contributed by atoms with van der Waals surface area (Å²) in [5.41, 5.74) is 2.19. The maximum atomic E-state index is 4.18. The highest BCUT2D eigenvalue weighted by atomic mass is 32.2. The van der Waals surface area contributed by atoms with Crippen molar-refractivity contribution in [2.75, 3.05) is 18.6 Å². The molecule has 0 saturated carbocycles. The molecule has 2 rings (SSSR count). The lowest BCUT2D eigenvalue weighted by Crippen LogP contribution is -1.88. The van der Waals surface area contributed by atoms with Crippen molar-refractivity contribution in [2.45, 2.75) is 4.90 Å². The van der Waals surface area contributed by atoms with Crippen molar-refractivity contribution in [2.24, 2.45) is 0 Å². The number of nitrogens with one attached hydrogen (secondary N) is 2. The van der Waals surface area contributed by atoms with Crippen LogP contribution in [0, 0.1) is 0 Å². The first kappa shape index (κ1) is 10.1. The monoisotopic (exact) mass is 219 g/mol. The summed E-state index contributed by atoms with van der Waals surface area (Å²) in [6, 6.07) is 8.41. The molecule has 1 aromatic heterocycles. The number of aromatic nitrogens is 2. The Bertz CT molecular complexity index is 433. The largest absolute Gasteiger partial charge is 0.359 e. The second kappa shape index (κ2) is 4.40. The minimum absolute atomic E-state index is 0.791. The smallest absolute Gasteiger partial charge is 0.200 e. The average molecular weight is 219 g/mol. The van der Waals surface area contributed by atoms with Gasteiger partial charge in [-0.25, -0.2) is 4.98 Å². The molecule has 0 atom stereocenters. The zero-order chi connectivity index (χ0) is 10.7. The standard InChI is InChI=1S/C11H13N3S/c1-12-11-13-7-10(14-11)8-3-5-9(15-2)6-4-8/h3-7H,1-2H3,(H2,12,13,14). The lowest BCUT2D eigenvalue weighted by molar-refractivity contribution is 1.26. The van der Waals surface area contributed by atoms with Gasteiger partial charge in [0.05, 0.1) is 11.9 Å². The molecule has 15 heavy (non-hydrogen) atoms. The van der Waals surface area contributed by atoms with Gasteiger partial charge in [0.15, 0.2) is 5.95 Å². The first-order valence-electron chi connectivity index (χ1n) is 4.70. The fraction of sp³-hybridized carbons (Fsp3) is 0.182. The van der Waals surface area contributed by atoms with Crippen LogP contribution in [0.3, 0.4) is 0 Å². The molecule has 2 aromatic rings. The highest BCUT2D eigenvalue weighted by Gasteiger charge is 2.01. The van der Waals surface area contributed by atoms with Crippen LogP contribution >= 0.6 is 11.8 Å². The first-order valence-corrected chi connectivity index (χ1v) is 5.93. The van der Waals surface area contributed by atoms with Gasteiger partial charge in [-0.2, -0.15) is 0 Å². The molecule has 0 amide bonds. The normalized spacial score (nSPS) is 10.3. The van der Waals surface area contributed by atoms with E-state index in [1.54, 1.807) is 11.8 Å². The summed E-state index contributed by atoms with van der Waals surface area (Å²) in [6.07, 6.45) is 3.91. The Hall–Kier alpha value is -1.42. The summed E-state index contributed by atoms with van der Waals surface area (Å²) in [5.74, 6) is 0.791. The summed E-state index contributed by atoms with van der Waals surface area (Å²) in [7, 11) is 1.85. The zero-order valence-corrected chi connectivity index (χ0v) is 9.56. The summed E-state index contributed by atoms with van der Waals surface area (Å²) >= 11 is 1.74. The predicted molar refractivity (Wildman–Crippen MR) is 65.4 cm³/mol. The summed E-state index contributed by atoms with van der Waals surface area (Å²) < 4.78 is 0. The highest BCUT2D eigenvalue weighted by molar-refractivity contribution is 7.98. The van der Waals surface area contributed by atoms with Crippen molar-refractivity contribution in [1.82, 2.24) is 9.97 Å². The van der Waals surface area contributed by atoms with Crippen LogP contribution < -0.4 is 5.32 Å². The van der Waals surface area contributed by atoms with E-state index < -0.39 is 0 Å². The molecule has 2 N–H and O–H groups in total. The summed E-state index contributed by atoms with van der Waals surface area (Å²) in [6.45, 7) is 0. The number of H-pyrrole nitrogens is 1. The molecular formula is C11H13N3S. The van der Waals surface area contributed by atoms with Crippen LogP contribution in [0.5, 0.6) is 0 Å². The maximum absolute atomic E-state index is 4.18. The quantitative estimate of drug-likeness (QED) is 0.780. The third kappa shape index (κ3) is 2.15. The molecule has 0 fully saturated rings. The predicted octanol–water partition coefficient (Wildman–Crippen LogP) is 2.84. The molecule has 4 heteroatoms. The molecule has 0 bridgehead atoms. The Balaban J connectivity index is 2.28. The highest BCUT2D eigenvalue weighted by Crippen LogP contribution is 2.22. The molecule has 1 aromatic carbocycles. The van der Waals surface area contributed by atoms with Crippen LogP contribution in [-0.4, -0.2) is 23.3 Å². The molecule has 0 saturated heterocycles. The van der Waals surface area contributed by atoms with Gasteiger partial charge in [-0.05, 0) is 24.0 Å². The third-order valence-corrected chi connectivity index (χ3v) is 2.96. The number of thioether (sulfide) groups is 1. The Morgan fingerprint density at radius 1 is 1.27 bits per heavy atom. The summed E-state index contributed by atoms with van der Waals surface area (Å²) in [4.78, 5) is 8.64. The summed E-state index contributed by atoms with van der Waals surface area (Å²) in [5, 5.41) is 2.97. The molecular weight excluding hydrogens is 206 g/mol. The molecule has 78 valence electrons. The Labute approximate surface area is 93.3 Å². The van der Waals surface area contributed by atoms with Crippen molar-refractivity contribution < 1.29 is 0 Å². The van der Waals surface area contributed by atoms with E-state index in [4.69, 9.17) is 0 Å². The minimum atomic E-state index is 0.791. The molecule has 0 radical (unpaired) electrons. The Morgan fingerprint density at radius 2 is 2.00 bits per heavy atom. The number of anilines is 1. The average Bonchev–Trinajstić information content (AvgIpc) is 2.78. The number of rotatable bonds is 3. The maximum Gasteiger partial charge on any atom is 0.200 e. The number of benzene rings is 1. The van der Waals surface area contributed by atoms with E-state index in [1.807, 2.05) is 13.2 Å². The van der Waals surface area contributed by atoms with Crippen molar-refractivity contribution >= 4 is 17.7 Å². The van der Waals surface area contributed by atoms with Crippen LogP contribution in [0.15, 0.2) is 35.4 Å². The van der Waals surface area contributed by atoms with Gasteiger partial charge < -0.3 is 10.3 Å². The van der Waals surface area contributed by atoms with Crippen LogP contribution in [-0.2, 0) is 0 Å². The van der Waals surface area contributed by atoms with Gasteiger partial charge in [-0.1, -0.05) is 12.1 Å². The van der Waals surface area contributed by atoms with Gasteiger partial charge in [0.25, 0.3) is 0 Å². The van der Waals surface area contributed by atoms with Crippen LogP contribution in [0.2, 0.25) is 0 Å². The van der Waals surface area contributed by atoms with Gasteiger partial charge in [0.1, 0.15) is 0 Å². The van der Waals surface area contributed by atoms with Gasteiger partial charge in [-0.15, -0.1) is 11.8 Å². The molecule has 0 aliphatic heterocycles. The molecule has 3 nitrogen and oxygen atoms in total. The zero-order valence-electron chi connectivity index (χ0n) is 8.74.